The van der Waals surface area contributed by atoms with E-state index in [4.69, 9.17) is 9.47 Å². The quantitative estimate of drug-likeness (QED) is 0.757. The molecule has 0 radical (unpaired) electrons. The van der Waals surface area contributed by atoms with Gasteiger partial charge in [0.05, 0.1) is 28.6 Å². The normalized spacial score (nSPS) is 25.7. The van der Waals surface area contributed by atoms with Gasteiger partial charge >= 0.3 is 0 Å². The van der Waals surface area contributed by atoms with Crippen molar-refractivity contribution in [2.75, 3.05) is 33.4 Å². The van der Waals surface area contributed by atoms with Gasteiger partial charge in [-0.3, -0.25) is 4.68 Å². The molecule has 0 bridgehead atoms. The zero-order valence-electron chi connectivity index (χ0n) is 13.4. The Morgan fingerprint density at radius 3 is 2.86 bits per heavy atom. The molecule has 1 fully saturated rings. The molecule has 0 saturated carbocycles. The van der Waals surface area contributed by atoms with Crippen LogP contribution in [0.25, 0.3) is 0 Å². The number of aryl methyl sites for hydroxylation is 2. The van der Waals surface area contributed by atoms with Crippen molar-refractivity contribution >= 4 is 15.9 Å². The average Bonchev–Trinajstić information content (AvgIpc) is 2.91. The van der Waals surface area contributed by atoms with Crippen LogP contribution in [-0.2, 0) is 22.9 Å². The molecule has 2 heterocycles. The number of nitrogens with one attached hydrogen (secondary N) is 1. The minimum atomic E-state index is 0.122. The molecule has 1 aliphatic rings. The molecule has 2 unspecified atom stereocenters. The second-order valence-electron chi connectivity index (χ2n) is 5.94. The number of methoxy groups -OCH3 is 1. The molecule has 5 nitrogen and oxygen atoms in total. The Labute approximate surface area is 135 Å². The van der Waals surface area contributed by atoms with Crippen molar-refractivity contribution in [3.63, 3.8) is 0 Å². The molecule has 1 saturated heterocycles. The first kappa shape index (κ1) is 16.9. The minimum absolute atomic E-state index is 0.122. The molecule has 2 atom stereocenters. The maximum Gasteiger partial charge on any atom is 0.0738 e. The van der Waals surface area contributed by atoms with E-state index in [9.17, 15) is 0 Å². The number of aromatic nitrogens is 2. The van der Waals surface area contributed by atoms with Gasteiger partial charge in [0.1, 0.15) is 0 Å². The fraction of sp³-hybridized carbons (Fsp3) is 0.800. The first-order valence-corrected chi connectivity index (χ1v) is 8.29. The third kappa shape index (κ3) is 3.67. The van der Waals surface area contributed by atoms with Gasteiger partial charge in [-0.1, -0.05) is 0 Å². The Bertz CT molecular complexity index is 478. The second-order valence-corrected chi connectivity index (χ2v) is 6.73. The number of hydrogen-bond donors (Lipinski definition) is 1. The summed E-state index contributed by atoms with van der Waals surface area (Å²) in [7, 11) is 3.74. The Morgan fingerprint density at radius 1 is 1.57 bits per heavy atom. The molecule has 6 heteroatoms. The summed E-state index contributed by atoms with van der Waals surface area (Å²) in [6.07, 6.45) is 2.28. The van der Waals surface area contributed by atoms with Crippen molar-refractivity contribution in [2.45, 2.75) is 32.8 Å². The van der Waals surface area contributed by atoms with Crippen LogP contribution in [0.15, 0.2) is 4.47 Å². The fourth-order valence-corrected chi connectivity index (χ4v) is 3.54. The van der Waals surface area contributed by atoms with Crippen molar-refractivity contribution < 1.29 is 9.47 Å². The van der Waals surface area contributed by atoms with Crippen LogP contribution in [0.5, 0.6) is 0 Å². The van der Waals surface area contributed by atoms with Crippen LogP contribution in [0.1, 0.15) is 24.7 Å². The average molecular weight is 360 g/mol. The van der Waals surface area contributed by atoms with Crippen molar-refractivity contribution in [1.82, 2.24) is 15.1 Å². The number of nitrogens with zero attached hydrogens (tertiary/aromatic N) is 2. The van der Waals surface area contributed by atoms with Crippen LogP contribution < -0.4 is 5.32 Å². The summed E-state index contributed by atoms with van der Waals surface area (Å²) in [5.74, 6) is 0. The van der Waals surface area contributed by atoms with E-state index in [0.717, 1.165) is 49.3 Å². The summed E-state index contributed by atoms with van der Waals surface area (Å²) >= 11 is 3.68. The zero-order chi connectivity index (χ0) is 15.5. The molecule has 0 spiro atoms. The van der Waals surface area contributed by atoms with Gasteiger partial charge in [0.15, 0.2) is 0 Å². The maximum atomic E-state index is 5.87. The van der Waals surface area contributed by atoms with Gasteiger partial charge in [0, 0.05) is 39.3 Å². The Balaban J connectivity index is 2.13. The predicted molar refractivity (Wildman–Crippen MR) is 86.6 cm³/mol. The van der Waals surface area contributed by atoms with Crippen LogP contribution >= 0.6 is 15.9 Å². The summed E-state index contributed by atoms with van der Waals surface area (Å²) in [4.78, 5) is 0. The minimum Gasteiger partial charge on any atom is -0.383 e. The SMILES string of the molecule is COCCNCC1(Cc2c(Br)c(C)nn2C)CCOC1C. The molecule has 0 aromatic carbocycles. The zero-order valence-corrected chi connectivity index (χ0v) is 15.0. The molecule has 21 heavy (non-hydrogen) atoms. The summed E-state index contributed by atoms with van der Waals surface area (Å²) in [5.41, 5.74) is 2.41. The highest BCUT2D eigenvalue weighted by molar-refractivity contribution is 9.10. The van der Waals surface area contributed by atoms with E-state index in [0.29, 0.717) is 0 Å². The van der Waals surface area contributed by atoms with Crippen LogP contribution in [0, 0.1) is 12.3 Å². The van der Waals surface area contributed by atoms with Crippen molar-refractivity contribution in [3.05, 3.63) is 15.9 Å². The van der Waals surface area contributed by atoms with E-state index in [-0.39, 0.29) is 11.5 Å². The molecule has 1 N–H and O–H groups in total. The largest absolute Gasteiger partial charge is 0.383 e. The number of hydrogen-bond acceptors (Lipinski definition) is 4. The summed E-state index contributed by atoms with van der Waals surface area (Å²) < 4.78 is 14.1. The molecular formula is C15H26BrN3O2. The third-order valence-corrected chi connectivity index (χ3v) is 5.60. The molecule has 1 aliphatic heterocycles. The Hall–Kier alpha value is -0.430. The highest BCUT2D eigenvalue weighted by Crippen LogP contribution is 2.39. The number of rotatable bonds is 7. The Kier molecular flexibility index (Phi) is 5.82. The van der Waals surface area contributed by atoms with Crippen molar-refractivity contribution in [2.24, 2.45) is 12.5 Å². The van der Waals surface area contributed by atoms with E-state index in [1.807, 2.05) is 18.7 Å². The van der Waals surface area contributed by atoms with E-state index in [2.05, 4.69) is 33.3 Å². The van der Waals surface area contributed by atoms with Gasteiger partial charge in [-0.05, 0) is 42.6 Å². The summed E-state index contributed by atoms with van der Waals surface area (Å²) in [5, 5.41) is 8.02. The lowest BCUT2D eigenvalue weighted by molar-refractivity contribution is 0.0609. The van der Waals surface area contributed by atoms with E-state index >= 15 is 0 Å². The standard InChI is InChI=1S/C15H26BrN3O2/c1-11-14(16)13(19(3)18-11)9-15(5-7-21-12(15)2)10-17-6-8-20-4/h12,17H,5-10H2,1-4H3. The highest BCUT2D eigenvalue weighted by atomic mass is 79.9. The number of halogens is 1. The van der Waals surface area contributed by atoms with Crippen molar-refractivity contribution in [1.29, 1.82) is 0 Å². The molecule has 120 valence electrons. The Morgan fingerprint density at radius 2 is 2.33 bits per heavy atom. The predicted octanol–water partition coefficient (Wildman–Crippen LogP) is 2.06. The van der Waals surface area contributed by atoms with Crippen LogP contribution in [0.4, 0.5) is 0 Å². The first-order chi connectivity index (χ1) is 10.00. The van der Waals surface area contributed by atoms with Crippen LogP contribution in [-0.4, -0.2) is 49.3 Å². The summed E-state index contributed by atoms with van der Waals surface area (Å²) in [6.45, 7) is 7.60. The van der Waals surface area contributed by atoms with E-state index in [1.165, 1.54) is 5.69 Å². The second kappa shape index (κ2) is 7.22. The van der Waals surface area contributed by atoms with Gasteiger partial charge in [-0.25, -0.2) is 0 Å². The van der Waals surface area contributed by atoms with Gasteiger partial charge in [-0.15, -0.1) is 0 Å². The molecule has 0 aliphatic carbocycles. The van der Waals surface area contributed by atoms with E-state index in [1.54, 1.807) is 7.11 Å². The van der Waals surface area contributed by atoms with Crippen LogP contribution in [0.3, 0.4) is 0 Å². The third-order valence-electron chi connectivity index (χ3n) is 4.57. The lowest BCUT2D eigenvalue weighted by atomic mass is 9.77. The first-order valence-electron chi connectivity index (χ1n) is 7.49. The van der Waals surface area contributed by atoms with Gasteiger partial charge in [0.25, 0.3) is 0 Å². The number of ether oxygens (including phenoxy) is 2. The molecule has 1 aromatic heterocycles. The smallest absolute Gasteiger partial charge is 0.0738 e. The fourth-order valence-electron chi connectivity index (χ4n) is 3.06. The lowest BCUT2D eigenvalue weighted by Gasteiger charge is -2.33. The van der Waals surface area contributed by atoms with E-state index < -0.39 is 0 Å². The van der Waals surface area contributed by atoms with Gasteiger partial charge < -0.3 is 14.8 Å². The van der Waals surface area contributed by atoms with Gasteiger partial charge in [-0.2, -0.15) is 5.10 Å². The summed E-state index contributed by atoms with van der Waals surface area (Å²) in [6, 6.07) is 0. The molecule has 1 aromatic rings. The highest BCUT2D eigenvalue weighted by Gasteiger charge is 2.42. The maximum absolute atomic E-state index is 5.87. The molecule has 2 rings (SSSR count). The van der Waals surface area contributed by atoms with Gasteiger partial charge in [0.2, 0.25) is 0 Å². The lowest BCUT2D eigenvalue weighted by Crippen LogP contribution is -2.42. The molecular weight excluding hydrogens is 334 g/mol. The monoisotopic (exact) mass is 359 g/mol. The van der Waals surface area contributed by atoms with Crippen molar-refractivity contribution in [3.8, 4) is 0 Å². The topological polar surface area (TPSA) is 48.3 Å². The van der Waals surface area contributed by atoms with Crippen LogP contribution in [0.2, 0.25) is 0 Å². The molecule has 0 amide bonds.